The molecule has 0 aromatic heterocycles. The molecular formula is C8H9FN2O2. The Morgan fingerprint density at radius 1 is 1.46 bits per heavy atom. The van der Waals surface area contributed by atoms with Gasteiger partial charge in [0.2, 0.25) is 0 Å². The van der Waals surface area contributed by atoms with Gasteiger partial charge in [0, 0.05) is 0 Å². The first-order valence-electron chi connectivity index (χ1n) is 3.52. The zero-order valence-electron chi connectivity index (χ0n) is 6.97. The molecule has 0 atom stereocenters. The van der Waals surface area contributed by atoms with Gasteiger partial charge in [-0.25, -0.2) is 9.18 Å². The quantitative estimate of drug-likeness (QED) is 0.568. The van der Waals surface area contributed by atoms with Crippen molar-refractivity contribution >= 4 is 17.3 Å². The van der Waals surface area contributed by atoms with E-state index >= 15 is 0 Å². The van der Waals surface area contributed by atoms with E-state index in [0.29, 0.717) is 0 Å². The molecule has 0 bridgehead atoms. The molecule has 5 heteroatoms. The first-order valence-corrected chi connectivity index (χ1v) is 3.52. The summed E-state index contributed by atoms with van der Waals surface area (Å²) in [6.45, 7) is 1.47. The molecule has 4 nitrogen and oxygen atoms in total. The highest BCUT2D eigenvalue weighted by atomic mass is 19.1. The van der Waals surface area contributed by atoms with Crippen LogP contribution >= 0.6 is 0 Å². The van der Waals surface area contributed by atoms with Gasteiger partial charge < -0.3 is 16.6 Å². The van der Waals surface area contributed by atoms with Gasteiger partial charge in [0.1, 0.15) is 5.82 Å². The standard InChI is InChI=1S/C8H9FN2O2/c1-3-6(10)4(8(12)13)2-5(9)7(3)11/h2H,10-11H2,1H3,(H,12,13). The number of carbonyl (C=O) groups is 1. The molecule has 0 unspecified atom stereocenters. The Morgan fingerprint density at radius 2 is 2.00 bits per heavy atom. The van der Waals surface area contributed by atoms with Crippen LogP contribution in [0.5, 0.6) is 0 Å². The zero-order valence-corrected chi connectivity index (χ0v) is 6.97. The Kier molecular flexibility index (Phi) is 2.10. The number of anilines is 2. The van der Waals surface area contributed by atoms with E-state index in [9.17, 15) is 9.18 Å². The lowest BCUT2D eigenvalue weighted by atomic mass is 10.1. The Balaban J connectivity index is 3.50. The number of nitrogen functional groups attached to an aromatic ring is 2. The molecule has 13 heavy (non-hydrogen) atoms. The fourth-order valence-corrected chi connectivity index (χ4v) is 0.985. The fourth-order valence-electron chi connectivity index (χ4n) is 0.985. The number of rotatable bonds is 1. The lowest BCUT2D eigenvalue weighted by Crippen LogP contribution is -2.08. The van der Waals surface area contributed by atoms with Gasteiger partial charge in [-0.1, -0.05) is 0 Å². The van der Waals surface area contributed by atoms with Crippen molar-refractivity contribution in [1.82, 2.24) is 0 Å². The summed E-state index contributed by atoms with van der Waals surface area (Å²) in [7, 11) is 0. The van der Waals surface area contributed by atoms with Gasteiger partial charge in [0.15, 0.2) is 0 Å². The van der Waals surface area contributed by atoms with Crippen LogP contribution in [0.25, 0.3) is 0 Å². The maximum atomic E-state index is 12.9. The van der Waals surface area contributed by atoms with Crippen LogP contribution < -0.4 is 11.5 Å². The van der Waals surface area contributed by atoms with E-state index in [2.05, 4.69) is 0 Å². The molecule has 0 radical (unpaired) electrons. The van der Waals surface area contributed by atoms with E-state index in [1.165, 1.54) is 6.92 Å². The lowest BCUT2D eigenvalue weighted by Gasteiger charge is -2.08. The van der Waals surface area contributed by atoms with Gasteiger partial charge in [0.25, 0.3) is 0 Å². The lowest BCUT2D eigenvalue weighted by molar-refractivity contribution is 0.0697. The summed E-state index contributed by atoms with van der Waals surface area (Å²) < 4.78 is 12.9. The normalized spacial score (nSPS) is 10.0. The van der Waals surface area contributed by atoms with Crippen molar-refractivity contribution in [3.8, 4) is 0 Å². The van der Waals surface area contributed by atoms with Crippen molar-refractivity contribution in [3.63, 3.8) is 0 Å². The summed E-state index contributed by atoms with van der Waals surface area (Å²) in [5.41, 5.74) is 10.6. The Morgan fingerprint density at radius 3 is 2.46 bits per heavy atom. The maximum Gasteiger partial charge on any atom is 0.337 e. The molecule has 0 saturated carbocycles. The molecule has 0 aliphatic heterocycles. The van der Waals surface area contributed by atoms with Crippen molar-refractivity contribution in [2.75, 3.05) is 11.5 Å². The monoisotopic (exact) mass is 184 g/mol. The highest BCUT2D eigenvalue weighted by Gasteiger charge is 2.15. The number of aromatic carboxylic acids is 1. The molecule has 0 heterocycles. The SMILES string of the molecule is Cc1c(N)c(F)cc(C(=O)O)c1N. The molecule has 1 rings (SSSR count). The summed E-state index contributed by atoms with van der Waals surface area (Å²) >= 11 is 0. The van der Waals surface area contributed by atoms with Crippen molar-refractivity contribution in [3.05, 3.63) is 23.0 Å². The van der Waals surface area contributed by atoms with Crippen molar-refractivity contribution in [2.45, 2.75) is 6.92 Å². The van der Waals surface area contributed by atoms with E-state index in [4.69, 9.17) is 16.6 Å². The summed E-state index contributed by atoms with van der Waals surface area (Å²) in [4.78, 5) is 10.6. The molecular weight excluding hydrogens is 175 g/mol. The van der Waals surface area contributed by atoms with Crippen LogP contribution in [0.3, 0.4) is 0 Å². The molecule has 0 saturated heterocycles. The van der Waals surface area contributed by atoms with Gasteiger partial charge in [-0.3, -0.25) is 0 Å². The van der Waals surface area contributed by atoms with Gasteiger partial charge in [-0.15, -0.1) is 0 Å². The number of halogens is 1. The zero-order chi connectivity index (χ0) is 10.2. The summed E-state index contributed by atoms with van der Waals surface area (Å²) in [5, 5.41) is 8.62. The van der Waals surface area contributed by atoms with Crippen LogP contribution in [-0.2, 0) is 0 Å². The first kappa shape index (κ1) is 9.31. The minimum atomic E-state index is -1.26. The second kappa shape index (κ2) is 2.93. The van der Waals surface area contributed by atoms with Crippen LogP contribution in [0.4, 0.5) is 15.8 Å². The number of hydrogen-bond acceptors (Lipinski definition) is 3. The smallest absolute Gasteiger partial charge is 0.337 e. The van der Waals surface area contributed by atoms with Crippen LogP contribution in [0.2, 0.25) is 0 Å². The summed E-state index contributed by atoms with van der Waals surface area (Å²) in [5.74, 6) is -2.02. The predicted molar refractivity (Wildman–Crippen MR) is 46.9 cm³/mol. The van der Waals surface area contributed by atoms with E-state index in [0.717, 1.165) is 6.07 Å². The minimum absolute atomic E-state index is 0.00593. The number of carboxylic acids is 1. The fraction of sp³-hybridized carbons (Fsp3) is 0.125. The average Bonchev–Trinajstić information content (AvgIpc) is 2.07. The molecule has 70 valence electrons. The molecule has 0 spiro atoms. The Labute approximate surface area is 74.0 Å². The third-order valence-electron chi connectivity index (χ3n) is 1.86. The third-order valence-corrected chi connectivity index (χ3v) is 1.86. The highest BCUT2D eigenvalue weighted by Crippen LogP contribution is 2.25. The average molecular weight is 184 g/mol. The highest BCUT2D eigenvalue weighted by molar-refractivity contribution is 5.95. The van der Waals surface area contributed by atoms with Crippen molar-refractivity contribution in [1.29, 1.82) is 0 Å². The topological polar surface area (TPSA) is 89.3 Å². The number of nitrogens with two attached hydrogens (primary N) is 2. The molecule has 0 fully saturated rings. The van der Waals surface area contributed by atoms with Gasteiger partial charge in [-0.2, -0.15) is 0 Å². The van der Waals surface area contributed by atoms with Crippen LogP contribution in [0, 0.1) is 12.7 Å². The molecule has 1 aromatic rings. The van der Waals surface area contributed by atoms with E-state index in [1.807, 2.05) is 0 Å². The molecule has 0 aliphatic carbocycles. The summed E-state index contributed by atoms with van der Waals surface area (Å²) in [6, 6.07) is 0.819. The van der Waals surface area contributed by atoms with E-state index in [-0.39, 0.29) is 22.5 Å². The van der Waals surface area contributed by atoms with Gasteiger partial charge in [-0.05, 0) is 18.6 Å². The Bertz CT molecular complexity index is 377. The first-order chi connectivity index (χ1) is 5.95. The Hall–Kier alpha value is -1.78. The van der Waals surface area contributed by atoms with Crippen molar-refractivity contribution < 1.29 is 14.3 Å². The second-order valence-corrected chi connectivity index (χ2v) is 2.66. The number of benzene rings is 1. The summed E-state index contributed by atoms with van der Waals surface area (Å²) in [6.07, 6.45) is 0. The van der Waals surface area contributed by atoms with E-state index in [1.54, 1.807) is 0 Å². The molecule has 5 N–H and O–H groups in total. The molecule has 1 aromatic carbocycles. The maximum absolute atomic E-state index is 12.9. The predicted octanol–water partition coefficient (Wildman–Crippen LogP) is 0.997. The largest absolute Gasteiger partial charge is 0.478 e. The van der Waals surface area contributed by atoms with Crippen LogP contribution in [0.1, 0.15) is 15.9 Å². The number of hydrogen-bond donors (Lipinski definition) is 3. The van der Waals surface area contributed by atoms with Crippen LogP contribution in [0.15, 0.2) is 6.07 Å². The third kappa shape index (κ3) is 1.40. The van der Waals surface area contributed by atoms with Crippen molar-refractivity contribution in [2.24, 2.45) is 0 Å². The second-order valence-electron chi connectivity index (χ2n) is 2.66. The van der Waals surface area contributed by atoms with Gasteiger partial charge in [0.05, 0.1) is 16.9 Å². The van der Waals surface area contributed by atoms with E-state index < -0.39 is 11.8 Å². The van der Waals surface area contributed by atoms with Gasteiger partial charge >= 0.3 is 5.97 Å². The molecule has 0 amide bonds. The minimum Gasteiger partial charge on any atom is -0.478 e. The number of carboxylic acid groups (broad SMARTS) is 1. The molecule has 0 aliphatic rings. The van der Waals surface area contributed by atoms with Crippen LogP contribution in [-0.4, -0.2) is 11.1 Å².